The summed E-state index contributed by atoms with van der Waals surface area (Å²) < 4.78 is 0.922. The zero-order valence-electron chi connectivity index (χ0n) is 12.8. The highest BCUT2D eigenvalue weighted by Gasteiger charge is 2.39. The van der Waals surface area contributed by atoms with Gasteiger partial charge in [0.25, 0.3) is 11.8 Å². The summed E-state index contributed by atoms with van der Waals surface area (Å²) in [6, 6.07) is 12.6. The van der Waals surface area contributed by atoms with E-state index < -0.39 is 11.9 Å². The molecule has 0 aromatic heterocycles. The van der Waals surface area contributed by atoms with E-state index in [0.717, 1.165) is 8.47 Å². The Hall–Kier alpha value is -1.97. The number of carbonyl (C=O) groups is 3. The number of hydrogen-bond acceptors (Lipinski definition) is 4. The summed E-state index contributed by atoms with van der Waals surface area (Å²) in [5, 5.41) is 0.516. The molecule has 8 heteroatoms. The van der Waals surface area contributed by atoms with Crippen molar-refractivity contribution in [2.24, 2.45) is 0 Å². The third-order valence-electron chi connectivity index (χ3n) is 3.68. The molecule has 1 aliphatic heterocycles. The lowest BCUT2D eigenvalue weighted by Gasteiger charge is -2.16. The minimum Gasteiger partial charge on any atom is -0.287 e. The van der Waals surface area contributed by atoms with E-state index in [0.29, 0.717) is 16.3 Å². The van der Waals surface area contributed by atoms with Gasteiger partial charge in [-0.2, -0.15) is 0 Å². The summed E-state index contributed by atoms with van der Waals surface area (Å²) in [6.07, 6.45) is -0.0337. The van der Waals surface area contributed by atoms with Gasteiger partial charge in [0, 0.05) is 14.2 Å². The number of imide groups is 1. The number of hydrazine groups is 1. The number of nitrogens with zero attached hydrogens (tertiary/aromatic N) is 1. The van der Waals surface area contributed by atoms with Gasteiger partial charge in [0.15, 0.2) is 0 Å². The van der Waals surface area contributed by atoms with Crippen LogP contribution in [0, 0.1) is 3.57 Å². The first-order valence-corrected chi connectivity index (χ1v) is 8.85. The molecule has 1 aliphatic rings. The number of carbonyl (C=O) groups excluding carboxylic acids is 3. The van der Waals surface area contributed by atoms with Crippen LogP contribution in [0.5, 0.6) is 0 Å². The number of anilines is 1. The summed E-state index contributed by atoms with van der Waals surface area (Å²) in [5.41, 5.74) is 6.05. The Bertz CT molecular complexity index is 841. The quantitative estimate of drug-likeness (QED) is 0.410. The van der Waals surface area contributed by atoms with Crippen molar-refractivity contribution in [3.05, 3.63) is 62.7 Å². The van der Waals surface area contributed by atoms with Crippen LogP contribution >= 0.6 is 34.2 Å². The third kappa shape index (κ3) is 4.00. The van der Waals surface area contributed by atoms with E-state index in [1.54, 1.807) is 42.5 Å². The molecule has 1 fully saturated rings. The molecule has 1 heterocycles. The fourth-order valence-corrected chi connectivity index (χ4v) is 3.13. The van der Waals surface area contributed by atoms with E-state index in [-0.39, 0.29) is 18.2 Å². The second-order valence-corrected chi connectivity index (χ2v) is 7.09. The molecule has 0 radical (unpaired) electrons. The molecule has 2 N–H and O–H groups in total. The van der Waals surface area contributed by atoms with Gasteiger partial charge >= 0.3 is 0 Å². The highest BCUT2D eigenvalue weighted by molar-refractivity contribution is 14.1. The molecule has 2 aromatic carbocycles. The lowest BCUT2D eigenvalue weighted by molar-refractivity contribution is -0.121. The number of hydrogen-bond donors (Lipinski definition) is 2. The van der Waals surface area contributed by atoms with Crippen molar-refractivity contribution in [2.75, 3.05) is 4.90 Å². The number of amides is 3. The van der Waals surface area contributed by atoms with E-state index >= 15 is 0 Å². The average Bonchev–Trinajstić information content (AvgIpc) is 2.87. The van der Waals surface area contributed by atoms with Crippen molar-refractivity contribution >= 4 is 57.6 Å². The average molecular weight is 470 g/mol. The highest BCUT2D eigenvalue weighted by Crippen LogP contribution is 2.24. The lowest BCUT2D eigenvalue weighted by Crippen LogP contribution is -2.48. The lowest BCUT2D eigenvalue weighted by atomic mass is 10.2. The largest absolute Gasteiger partial charge is 0.287 e. The van der Waals surface area contributed by atoms with Gasteiger partial charge in [-0.05, 0) is 65.1 Å². The maximum Gasteiger partial charge on any atom is 0.265 e. The predicted molar refractivity (Wildman–Crippen MR) is 102 cm³/mol. The molecule has 0 unspecified atom stereocenters. The number of nitrogens with one attached hydrogen (secondary N) is 2. The van der Waals surface area contributed by atoms with Crippen LogP contribution in [0.4, 0.5) is 5.69 Å². The molecule has 0 bridgehead atoms. The van der Waals surface area contributed by atoms with E-state index in [9.17, 15) is 14.4 Å². The minimum atomic E-state index is -0.810. The summed E-state index contributed by atoms with van der Waals surface area (Å²) in [4.78, 5) is 37.8. The fourth-order valence-electron chi connectivity index (χ4n) is 2.46. The van der Waals surface area contributed by atoms with Crippen LogP contribution < -0.4 is 15.8 Å². The van der Waals surface area contributed by atoms with E-state index in [1.807, 2.05) is 6.07 Å². The van der Waals surface area contributed by atoms with Crippen molar-refractivity contribution in [2.45, 2.75) is 12.5 Å². The summed E-state index contributed by atoms with van der Waals surface area (Å²) in [5.74, 6) is -1.13. The topological polar surface area (TPSA) is 78.5 Å². The van der Waals surface area contributed by atoms with Gasteiger partial charge in [-0.3, -0.25) is 19.8 Å². The van der Waals surface area contributed by atoms with Crippen LogP contribution in [0.1, 0.15) is 16.8 Å². The second kappa shape index (κ2) is 7.51. The Labute approximate surface area is 162 Å². The molecule has 1 atom stereocenters. The van der Waals surface area contributed by atoms with Crippen LogP contribution in [0.15, 0.2) is 48.5 Å². The fraction of sp³-hybridized carbons (Fsp3) is 0.118. The van der Waals surface area contributed by atoms with Gasteiger partial charge < -0.3 is 0 Å². The summed E-state index contributed by atoms with van der Waals surface area (Å²) in [6.45, 7) is 0. The van der Waals surface area contributed by atoms with Crippen molar-refractivity contribution in [3.63, 3.8) is 0 Å². The molecule has 3 amide bonds. The molecular formula is C17H13ClIN3O3. The normalized spacial score (nSPS) is 17.0. The molecule has 6 nitrogen and oxygen atoms in total. The molecule has 0 aliphatic carbocycles. The molecule has 128 valence electrons. The Morgan fingerprint density at radius 1 is 1.16 bits per heavy atom. The van der Waals surface area contributed by atoms with Crippen LogP contribution in [0.2, 0.25) is 5.02 Å². The first kappa shape index (κ1) is 17.8. The molecule has 2 aromatic rings. The van der Waals surface area contributed by atoms with E-state index in [1.165, 1.54) is 0 Å². The van der Waals surface area contributed by atoms with Gasteiger partial charge in [-0.25, -0.2) is 10.3 Å². The maximum absolute atomic E-state index is 12.5. The first-order chi connectivity index (χ1) is 12.0. The smallest absolute Gasteiger partial charge is 0.265 e. The van der Waals surface area contributed by atoms with Crippen molar-refractivity contribution in [1.82, 2.24) is 10.9 Å². The first-order valence-electron chi connectivity index (χ1n) is 7.39. The van der Waals surface area contributed by atoms with Gasteiger partial charge in [0.05, 0.1) is 12.1 Å². The van der Waals surface area contributed by atoms with Crippen LogP contribution in [-0.4, -0.2) is 23.8 Å². The predicted octanol–water partition coefficient (Wildman–Crippen LogP) is 2.51. The molecule has 3 rings (SSSR count). The Kier molecular flexibility index (Phi) is 5.36. The molecule has 25 heavy (non-hydrogen) atoms. The third-order valence-corrected chi connectivity index (χ3v) is 4.60. The number of benzene rings is 2. The molecular weight excluding hydrogens is 457 g/mol. The molecule has 1 saturated heterocycles. The molecule has 0 spiro atoms. The van der Waals surface area contributed by atoms with E-state index in [4.69, 9.17) is 11.6 Å². The van der Waals surface area contributed by atoms with Crippen molar-refractivity contribution in [1.29, 1.82) is 0 Å². The Morgan fingerprint density at radius 3 is 2.56 bits per heavy atom. The minimum absolute atomic E-state index is 0.0337. The zero-order valence-corrected chi connectivity index (χ0v) is 15.7. The van der Waals surface area contributed by atoms with Crippen molar-refractivity contribution in [3.8, 4) is 0 Å². The maximum atomic E-state index is 12.5. The number of rotatable bonds is 4. The van der Waals surface area contributed by atoms with Gasteiger partial charge in [-0.15, -0.1) is 0 Å². The Balaban J connectivity index is 1.66. The monoisotopic (exact) mass is 469 g/mol. The van der Waals surface area contributed by atoms with Crippen molar-refractivity contribution < 1.29 is 14.4 Å². The standard InChI is InChI=1S/C17H13ClIN3O3/c18-11-4-6-13(7-5-11)22-15(23)9-14(17(22)25)20-21-16(24)10-2-1-3-12(19)8-10/h1-8,14,20H,9H2,(H,21,24)/t14-/m0/s1. The Morgan fingerprint density at radius 2 is 1.88 bits per heavy atom. The number of halogens is 2. The summed E-state index contributed by atoms with van der Waals surface area (Å²) >= 11 is 7.93. The van der Waals surface area contributed by atoms with Crippen LogP contribution in [0.25, 0.3) is 0 Å². The second-order valence-electron chi connectivity index (χ2n) is 5.41. The van der Waals surface area contributed by atoms with Crippen LogP contribution in [-0.2, 0) is 9.59 Å². The highest BCUT2D eigenvalue weighted by atomic mass is 127. The van der Waals surface area contributed by atoms with Crippen LogP contribution in [0.3, 0.4) is 0 Å². The van der Waals surface area contributed by atoms with Gasteiger partial charge in [-0.1, -0.05) is 17.7 Å². The van der Waals surface area contributed by atoms with E-state index in [2.05, 4.69) is 33.4 Å². The van der Waals surface area contributed by atoms with Gasteiger partial charge in [0.1, 0.15) is 6.04 Å². The zero-order chi connectivity index (χ0) is 18.0. The van der Waals surface area contributed by atoms with Gasteiger partial charge in [0.2, 0.25) is 5.91 Å². The summed E-state index contributed by atoms with van der Waals surface area (Å²) in [7, 11) is 0. The molecule has 0 saturated carbocycles. The SMILES string of the molecule is O=C(NN[C@H]1CC(=O)N(c2ccc(Cl)cc2)C1=O)c1cccc(I)c1.